The summed E-state index contributed by atoms with van der Waals surface area (Å²) in [7, 11) is -1.96. The van der Waals surface area contributed by atoms with Crippen LogP contribution in [-0.4, -0.2) is 33.8 Å². The molecule has 3 aromatic carbocycles. The molecule has 3 aromatic rings. The van der Waals surface area contributed by atoms with Gasteiger partial charge in [0.05, 0.1) is 12.2 Å². The van der Waals surface area contributed by atoms with Gasteiger partial charge in [0.2, 0.25) is 0 Å². The molecule has 0 heterocycles. The lowest BCUT2D eigenvalue weighted by atomic mass is 9.94. The lowest BCUT2D eigenvalue weighted by Gasteiger charge is -2.24. The van der Waals surface area contributed by atoms with Crippen molar-refractivity contribution in [3.63, 3.8) is 0 Å². The molecule has 3 nitrogen and oxygen atoms in total. The topological polar surface area (TPSA) is 46.5 Å². The molecule has 0 saturated carbocycles. The lowest BCUT2D eigenvalue weighted by Crippen LogP contribution is -2.26. The number of aromatic carboxylic acids is 1. The van der Waals surface area contributed by atoms with E-state index in [0.29, 0.717) is 5.56 Å². The molecule has 3 rings (SSSR count). The standard InChI is InChI=1S/C41H62O3Si2/c1-7-8-9-10-11-13-29-44-38-26-24-37(25-27-38)40-33-36(23-28-39(40)41(42)43)22-21-35-19-17-34(18-20-35)16-12-14-31-46(5,6)32-15-30-45(2,3)4/h17-20,23-28,33H,7-16,21-22,29-32H2,1-6H3,(H,42,43). The summed E-state index contributed by atoms with van der Waals surface area (Å²) in [4.78, 5) is 12.0. The van der Waals surface area contributed by atoms with Gasteiger partial charge in [-0.3, -0.25) is 0 Å². The number of unbranched alkanes of at least 4 members (excludes halogenated alkanes) is 6. The van der Waals surface area contributed by atoms with Crippen LogP contribution in [0.15, 0.2) is 66.7 Å². The van der Waals surface area contributed by atoms with Crippen LogP contribution < -0.4 is 4.74 Å². The molecular weight excluding hydrogens is 597 g/mol. The summed E-state index contributed by atoms with van der Waals surface area (Å²) in [6, 6.07) is 27.3. The number of hydrogen-bond donors (Lipinski definition) is 1. The van der Waals surface area contributed by atoms with Gasteiger partial charge in [-0.2, -0.15) is 0 Å². The van der Waals surface area contributed by atoms with Gasteiger partial charge in [0, 0.05) is 16.1 Å². The Hall–Kier alpha value is -2.64. The molecule has 0 aromatic heterocycles. The predicted molar refractivity (Wildman–Crippen MR) is 204 cm³/mol. The van der Waals surface area contributed by atoms with E-state index in [2.05, 4.69) is 70.0 Å². The van der Waals surface area contributed by atoms with Gasteiger partial charge in [0.25, 0.3) is 0 Å². The van der Waals surface area contributed by atoms with Gasteiger partial charge >= 0.3 is 5.97 Å². The number of rotatable bonds is 22. The number of hydrogen-bond acceptors (Lipinski definition) is 2. The van der Waals surface area contributed by atoms with Crippen LogP contribution in [0, 0.1) is 0 Å². The molecule has 0 radical (unpaired) electrons. The maximum atomic E-state index is 12.0. The number of carboxylic acids is 1. The van der Waals surface area contributed by atoms with Crippen LogP contribution in [0.3, 0.4) is 0 Å². The smallest absolute Gasteiger partial charge is 0.336 e. The maximum absolute atomic E-state index is 12.0. The Morgan fingerprint density at radius 3 is 1.87 bits per heavy atom. The van der Waals surface area contributed by atoms with Crippen LogP contribution in [-0.2, 0) is 19.3 Å². The fraction of sp³-hybridized carbons (Fsp3) is 0.537. The van der Waals surface area contributed by atoms with Crippen molar-refractivity contribution in [1.29, 1.82) is 0 Å². The van der Waals surface area contributed by atoms with Crippen molar-refractivity contribution < 1.29 is 14.6 Å². The molecule has 0 saturated heterocycles. The number of benzene rings is 3. The van der Waals surface area contributed by atoms with E-state index < -0.39 is 22.1 Å². The Labute approximate surface area is 283 Å². The quantitative estimate of drug-likeness (QED) is 0.0863. The van der Waals surface area contributed by atoms with Crippen molar-refractivity contribution in [1.82, 2.24) is 0 Å². The van der Waals surface area contributed by atoms with Gasteiger partial charge in [-0.25, -0.2) is 4.79 Å². The van der Waals surface area contributed by atoms with E-state index in [1.165, 1.54) is 87.0 Å². The molecule has 0 aliphatic carbocycles. The van der Waals surface area contributed by atoms with Crippen molar-refractivity contribution in [2.45, 2.75) is 135 Å². The second-order valence-electron chi connectivity index (χ2n) is 15.4. The van der Waals surface area contributed by atoms with Gasteiger partial charge < -0.3 is 9.84 Å². The molecule has 5 heteroatoms. The zero-order valence-electron chi connectivity index (χ0n) is 29.9. The first-order valence-corrected chi connectivity index (χ1v) is 25.3. The molecule has 0 fully saturated rings. The van der Waals surface area contributed by atoms with E-state index in [1.807, 2.05) is 30.3 Å². The Morgan fingerprint density at radius 2 is 1.22 bits per heavy atom. The van der Waals surface area contributed by atoms with E-state index in [1.54, 1.807) is 6.07 Å². The summed E-state index contributed by atoms with van der Waals surface area (Å²) >= 11 is 0. The number of carbonyl (C=O) groups is 1. The molecular formula is C41H62O3Si2. The van der Waals surface area contributed by atoms with Crippen molar-refractivity contribution >= 4 is 22.1 Å². The Bertz CT molecular complexity index is 1310. The van der Waals surface area contributed by atoms with Gasteiger partial charge in [-0.15, -0.1) is 0 Å². The van der Waals surface area contributed by atoms with Gasteiger partial charge in [0.1, 0.15) is 5.75 Å². The van der Waals surface area contributed by atoms with E-state index in [-0.39, 0.29) is 0 Å². The second-order valence-corrected chi connectivity index (χ2v) is 26.4. The summed E-state index contributed by atoms with van der Waals surface area (Å²) in [5.41, 5.74) is 5.94. The first-order valence-electron chi connectivity index (χ1n) is 18.1. The highest BCUT2D eigenvalue weighted by molar-refractivity contribution is 6.78. The Balaban J connectivity index is 1.48. The van der Waals surface area contributed by atoms with E-state index in [4.69, 9.17) is 4.74 Å². The monoisotopic (exact) mass is 658 g/mol. The van der Waals surface area contributed by atoms with Crippen LogP contribution in [0.25, 0.3) is 11.1 Å². The molecule has 46 heavy (non-hydrogen) atoms. The first-order chi connectivity index (χ1) is 22.0. The fourth-order valence-corrected chi connectivity index (χ4v) is 10.5. The summed E-state index contributed by atoms with van der Waals surface area (Å²) in [6.45, 7) is 15.6. The third-order valence-electron chi connectivity index (χ3n) is 9.32. The highest BCUT2D eigenvalue weighted by Gasteiger charge is 2.21. The average Bonchev–Trinajstić information content (AvgIpc) is 3.01. The molecule has 0 amide bonds. The third kappa shape index (κ3) is 14.4. The van der Waals surface area contributed by atoms with E-state index >= 15 is 0 Å². The van der Waals surface area contributed by atoms with Crippen molar-refractivity contribution in [3.8, 4) is 16.9 Å². The molecule has 0 aliphatic rings. The zero-order valence-corrected chi connectivity index (χ0v) is 31.9. The summed E-state index contributed by atoms with van der Waals surface area (Å²) in [5, 5.41) is 9.88. The molecule has 0 aliphatic heterocycles. The normalized spacial score (nSPS) is 12.0. The van der Waals surface area contributed by atoms with Crippen LogP contribution >= 0.6 is 0 Å². The summed E-state index contributed by atoms with van der Waals surface area (Å²) < 4.78 is 5.95. The summed E-state index contributed by atoms with van der Waals surface area (Å²) in [6.07, 6.45) is 14.5. The third-order valence-corrected chi connectivity index (χ3v) is 14.6. The van der Waals surface area contributed by atoms with Gasteiger partial charge in [-0.1, -0.05) is 151 Å². The van der Waals surface area contributed by atoms with Crippen molar-refractivity contribution in [3.05, 3.63) is 89.0 Å². The van der Waals surface area contributed by atoms with Crippen LogP contribution in [0.2, 0.25) is 50.9 Å². The number of carboxylic acid groups (broad SMARTS) is 1. The largest absolute Gasteiger partial charge is 0.494 e. The summed E-state index contributed by atoms with van der Waals surface area (Å²) in [5.74, 6) is -0.0548. The lowest BCUT2D eigenvalue weighted by molar-refractivity contribution is 0.0697. The van der Waals surface area contributed by atoms with Crippen molar-refractivity contribution in [2.75, 3.05) is 6.61 Å². The Kier molecular flexibility index (Phi) is 15.8. The fourth-order valence-electron chi connectivity index (χ4n) is 6.29. The SMILES string of the molecule is CCCCCCCCOc1ccc(-c2cc(CCc3ccc(CCCC[Si](C)(C)CCC[Si](C)(C)C)cc3)ccc2C(=O)O)cc1. The van der Waals surface area contributed by atoms with Crippen molar-refractivity contribution in [2.24, 2.45) is 0 Å². The van der Waals surface area contributed by atoms with E-state index in [9.17, 15) is 9.90 Å². The number of ether oxygens (including phenoxy) is 1. The molecule has 0 spiro atoms. The van der Waals surface area contributed by atoms with Crippen LogP contribution in [0.5, 0.6) is 5.75 Å². The first kappa shape index (κ1) is 37.8. The van der Waals surface area contributed by atoms with Gasteiger partial charge in [0.15, 0.2) is 0 Å². The van der Waals surface area contributed by atoms with Crippen LogP contribution in [0.1, 0.15) is 91.8 Å². The zero-order chi connectivity index (χ0) is 33.4. The Morgan fingerprint density at radius 1 is 0.630 bits per heavy atom. The second kappa shape index (κ2) is 19.2. The molecule has 1 N–H and O–H groups in total. The maximum Gasteiger partial charge on any atom is 0.336 e. The number of aryl methyl sites for hydroxylation is 3. The average molecular weight is 659 g/mol. The van der Waals surface area contributed by atoms with Gasteiger partial charge in [-0.05, 0) is 78.1 Å². The minimum Gasteiger partial charge on any atom is -0.494 e. The van der Waals surface area contributed by atoms with Crippen LogP contribution in [0.4, 0.5) is 0 Å². The van der Waals surface area contributed by atoms with E-state index in [0.717, 1.165) is 48.3 Å². The highest BCUT2D eigenvalue weighted by atomic mass is 28.3. The molecule has 252 valence electrons. The molecule has 0 bridgehead atoms. The molecule has 0 unspecified atom stereocenters. The minimum absolute atomic E-state index is 0.339. The highest BCUT2D eigenvalue weighted by Crippen LogP contribution is 2.29. The predicted octanol–water partition coefficient (Wildman–Crippen LogP) is 12.3. The minimum atomic E-state index is -1.06. The molecule has 0 atom stereocenters.